The molecular weight excluding hydrogens is 290 g/mol. The molecule has 1 saturated heterocycles. The lowest BCUT2D eigenvalue weighted by molar-refractivity contribution is 0.256. The Morgan fingerprint density at radius 3 is 2.71 bits per heavy atom. The number of hydrogen-bond acceptors (Lipinski definition) is 5. The van der Waals surface area contributed by atoms with Gasteiger partial charge in [-0.2, -0.15) is 8.42 Å². The second-order valence-electron chi connectivity index (χ2n) is 5.65. The van der Waals surface area contributed by atoms with Crippen molar-refractivity contribution >= 4 is 21.2 Å². The van der Waals surface area contributed by atoms with Crippen molar-refractivity contribution in [2.45, 2.75) is 18.8 Å². The lowest BCUT2D eigenvalue weighted by Gasteiger charge is -2.28. The van der Waals surface area contributed by atoms with Crippen LogP contribution in [0.5, 0.6) is 5.88 Å². The number of rotatable bonds is 3. The number of aromatic amines is 1. The third-order valence-corrected chi connectivity index (χ3v) is 4.39. The number of aromatic nitrogens is 2. The minimum atomic E-state index is -3.55. The van der Waals surface area contributed by atoms with Crippen molar-refractivity contribution in [2.75, 3.05) is 26.4 Å². The molecule has 0 amide bonds. The van der Waals surface area contributed by atoms with Gasteiger partial charge in [0.15, 0.2) is 0 Å². The van der Waals surface area contributed by atoms with E-state index in [9.17, 15) is 8.42 Å². The number of fused-ring (bicyclic) bond motifs is 1. The normalized spacial score (nSPS) is 18.2. The topological polar surface area (TPSA) is 75.3 Å². The quantitative estimate of drug-likeness (QED) is 0.874. The first-order valence-electron chi connectivity index (χ1n) is 6.98. The fourth-order valence-electron chi connectivity index (χ4n) is 2.83. The summed E-state index contributed by atoms with van der Waals surface area (Å²) in [5, 5.41) is 0. The lowest BCUT2D eigenvalue weighted by atomic mass is 9.91. The van der Waals surface area contributed by atoms with Gasteiger partial charge in [-0.25, -0.2) is 4.98 Å². The molecule has 1 aliphatic rings. The van der Waals surface area contributed by atoms with Gasteiger partial charge in [-0.15, -0.1) is 0 Å². The van der Waals surface area contributed by atoms with E-state index in [0.717, 1.165) is 48.8 Å². The maximum absolute atomic E-state index is 11.2. The number of H-pyrrole nitrogens is 1. The van der Waals surface area contributed by atoms with Crippen LogP contribution in [-0.2, 0) is 10.1 Å². The molecular formula is C14H19N3O3S. The number of pyridine rings is 1. The average molecular weight is 309 g/mol. The lowest BCUT2D eigenvalue weighted by Crippen LogP contribution is -2.29. The van der Waals surface area contributed by atoms with E-state index in [1.54, 1.807) is 12.1 Å². The molecule has 0 bridgehead atoms. The molecule has 0 aromatic carbocycles. The third kappa shape index (κ3) is 3.19. The van der Waals surface area contributed by atoms with E-state index in [1.807, 2.05) is 6.20 Å². The van der Waals surface area contributed by atoms with E-state index in [-0.39, 0.29) is 5.88 Å². The predicted molar refractivity (Wildman–Crippen MR) is 81.0 cm³/mol. The highest BCUT2D eigenvalue weighted by molar-refractivity contribution is 7.86. The first-order chi connectivity index (χ1) is 9.92. The molecule has 0 spiro atoms. The number of likely N-dealkylation sites (tertiary alicyclic amines) is 1. The molecule has 0 saturated carbocycles. The Balaban J connectivity index is 1.94. The molecule has 0 atom stereocenters. The molecule has 1 N–H and O–H groups in total. The summed E-state index contributed by atoms with van der Waals surface area (Å²) >= 11 is 0. The highest BCUT2D eigenvalue weighted by Gasteiger charge is 2.22. The van der Waals surface area contributed by atoms with Crippen LogP contribution in [-0.4, -0.2) is 49.7 Å². The smallest absolute Gasteiger partial charge is 0.307 e. The van der Waals surface area contributed by atoms with Crippen LogP contribution in [0.25, 0.3) is 11.0 Å². The number of hydrogen-bond donors (Lipinski definition) is 1. The van der Waals surface area contributed by atoms with Crippen molar-refractivity contribution in [1.29, 1.82) is 0 Å². The van der Waals surface area contributed by atoms with Gasteiger partial charge in [0.2, 0.25) is 5.88 Å². The van der Waals surface area contributed by atoms with E-state index in [1.165, 1.54) is 0 Å². The first-order valence-corrected chi connectivity index (χ1v) is 8.80. The summed E-state index contributed by atoms with van der Waals surface area (Å²) in [7, 11) is -1.43. The fraction of sp³-hybridized carbons (Fsp3) is 0.500. The van der Waals surface area contributed by atoms with Crippen LogP contribution in [0.2, 0.25) is 0 Å². The van der Waals surface area contributed by atoms with Crippen molar-refractivity contribution in [1.82, 2.24) is 14.9 Å². The standard InChI is InChI=1S/C14H19N3O3S/c1-17-7-5-10(6-8-17)11-9-15-12-3-4-13(16-14(11)12)20-21(2,18)19/h3-4,9-10,15H,5-8H2,1-2H3. The summed E-state index contributed by atoms with van der Waals surface area (Å²) in [5.41, 5.74) is 2.87. The van der Waals surface area contributed by atoms with Gasteiger partial charge < -0.3 is 14.1 Å². The second-order valence-corrected chi connectivity index (χ2v) is 7.23. The molecule has 3 rings (SSSR count). The largest absolute Gasteiger partial charge is 0.362 e. The van der Waals surface area contributed by atoms with Crippen LogP contribution < -0.4 is 4.18 Å². The molecule has 0 unspecified atom stereocenters. The number of nitrogens with zero attached hydrogens (tertiary/aromatic N) is 2. The van der Waals surface area contributed by atoms with Gasteiger partial charge in [-0.05, 0) is 50.5 Å². The number of nitrogens with one attached hydrogen (secondary N) is 1. The van der Waals surface area contributed by atoms with Gasteiger partial charge in [0.05, 0.1) is 17.3 Å². The van der Waals surface area contributed by atoms with E-state index in [2.05, 4.69) is 21.9 Å². The molecule has 21 heavy (non-hydrogen) atoms. The molecule has 114 valence electrons. The van der Waals surface area contributed by atoms with Gasteiger partial charge in [0.25, 0.3) is 0 Å². The summed E-state index contributed by atoms with van der Waals surface area (Å²) in [4.78, 5) is 9.89. The Labute approximate surface area is 124 Å². The van der Waals surface area contributed by atoms with Crippen LogP contribution in [0.3, 0.4) is 0 Å². The van der Waals surface area contributed by atoms with Gasteiger partial charge >= 0.3 is 10.1 Å². The van der Waals surface area contributed by atoms with Crippen molar-refractivity contribution in [2.24, 2.45) is 0 Å². The Morgan fingerprint density at radius 2 is 2.05 bits per heavy atom. The maximum atomic E-state index is 11.2. The van der Waals surface area contributed by atoms with Crippen molar-refractivity contribution in [3.63, 3.8) is 0 Å². The Bertz CT molecular complexity index is 746. The van der Waals surface area contributed by atoms with Gasteiger partial charge in [-0.3, -0.25) is 0 Å². The monoisotopic (exact) mass is 309 g/mol. The molecule has 6 nitrogen and oxygen atoms in total. The van der Waals surface area contributed by atoms with Crippen LogP contribution in [0.15, 0.2) is 18.3 Å². The van der Waals surface area contributed by atoms with E-state index in [4.69, 9.17) is 4.18 Å². The Hall–Kier alpha value is -1.60. The Kier molecular flexibility index (Phi) is 3.62. The second kappa shape index (κ2) is 5.31. The third-order valence-electron chi connectivity index (χ3n) is 3.92. The molecule has 2 aromatic rings. The van der Waals surface area contributed by atoms with Crippen LogP contribution in [0.1, 0.15) is 24.3 Å². The van der Waals surface area contributed by atoms with Gasteiger partial charge in [0, 0.05) is 12.3 Å². The van der Waals surface area contributed by atoms with E-state index < -0.39 is 10.1 Å². The molecule has 1 fully saturated rings. The average Bonchev–Trinajstić information content (AvgIpc) is 2.81. The summed E-state index contributed by atoms with van der Waals surface area (Å²) in [5.74, 6) is 0.578. The zero-order chi connectivity index (χ0) is 15.0. The minimum Gasteiger partial charge on any atom is -0.362 e. The highest BCUT2D eigenvalue weighted by Crippen LogP contribution is 2.32. The SMILES string of the molecule is CN1CCC(c2c[nH]c3ccc(OS(C)(=O)=O)nc23)CC1. The molecule has 0 radical (unpaired) electrons. The zero-order valence-corrected chi connectivity index (χ0v) is 13.0. The highest BCUT2D eigenvalue weighted by atomic mass is 32.2. The maximum Gasteiger partial charge on any atom is 0.307 e. The van der Waals surface area contributed by atoms with E-state index >= 15 is 0 Å². The predicted octanol–water partition coefficient (Wildman–Crippen LogP) is 1.71. The van der Waals surface area contributed by atoms with Crippen molar-refractivity contribution in [3.05, 3.63) is 23.9 Å². The molecule has 2 aromatic heterocycles. The molecule has 0 aliphatic carbocycles. The van der Waals surface area contributed by atoms with Gasteiger partial charge in [-0.1, -0.05) is 0 Å². The molecule has 7 heteroatoms. The van der Waals surface area contributed by atoms with Crippen molar-refractivity contribution < 1.29 is 12.6 Å². The van der Waals surface area contributed by atoms with E-state index in [0.29, 0.717) is 5.92 Å². The number of piperidine rings is 1. The molecule has 3 heterocycles. The summed E-state index contributed by atoms with van der Waals surface area (Å²) < 4.78 is 27.3. The summed E-state index contributed by atoms with van der Waals surface area (Å²) in [6.07, 6.45) is 5.18. The zero-order valence-electron chi connectivity index (χ0n) is 12.2. The molecule has 1 aliphatic heterocycles. The van der Waals surface area contributed by atoms with Crippen LogP contribution >= 0.6 is 0 Å². The summed E-state index contributed by atoms with van der Waals surface area (Å²) in [6.45, 7) is 2.13. The first kappa shape index (κ1) is 14.3. The van der Waals surface area contributed by atoms with Crippen LogP contribution in [0.4, 0.5) is 0 Å². The van der Waals surface area contributed by atoms with Crippen LogP contribution in [0, 0.1) is 0 Å². The fourth-order valence-corrected chi connectivity index (χ4v) is 3.24. The summed E-state index contributed by atoms with van der Waals surface area (Å²) in [6, 6.07) is 3.37. The minimum absolute atomic E-state index is 0.124. The Morgan fingerprint density at radius 1 is 1.33 bits per heavy atom. The van der Waals surface area contributed by atoms with Crippen molar-refractivity contribution in [3.8, 4) is 5.88 Å². The van der Waals surface area contributed by atoms with Gasteiger partial charge in [0.1, 0.15) is 0 Å².